The fourth-order valence-electron chi connectivity index (χ4n) is 5.18. The summed E-state index contributed by atoms with van der Waals surface area (Å²) < 4.78 is 26.3. The van der Waals surface area contributed by atoms with E-state index >= 15 is 0 Å². The van der Waals surface area contributed by atoms with E-state index in [1.165, 1.54) is 43.5 Å². The third-order valence-corrected chi connectivity index (χ3v) is 10.9. The Bertz CT molecular complexity index is 1530. The van der Waals surface area contributed by atoms with Crippen molar-refractivity contribution in [2.24, 2.45) is 0 Å². The third-order valence-electron chi connectivity index (χ3n) is 7.21. The summed E-state index contributed by atoms with van der Waals surface area (Å²) in [7, 11) is -4.06. The van der Waals surface area contributed by atoms with E-state index in [0.717, 1.165) is 54.9 Å². The van der Waals surface area contributed by atoms with Crippen LogP contribution >= 0.6 is 35.0 Å². The molecule has 1 unspecified atom stereocenters. The maximum Gasteiger partial charge on any atom is 0.333 e. The first-order valence-corrected chi connectivity index (χ1v) is 16.9. The molecule has 1 fully saturated rings. The number of nitrogens with zero attached hydrogens (tertiary/aromatic N) is 2. The Balaban J connectivity index is 1.20. The van der Waals surface area contributed by atoms with Gasteiger partial charge in [-0.1, -0.05) is 35.9 Å². The van der Waals surface area contributed by atoms with Crippen molar-refractivity contribution in [3.8, 4) is 0 Å². The fraction of sp³-hybridized carbons (Fsp3) is 0.393. The molecule has 0 radical (unpaired) electrons. The monoisotopic (exact) mass is 651 g/mol. The number of hydrogen-bond acceptors (Lipinski definition) is 8. The number of piperidine rings is 1. The van der Waals surface area contributed by atoms with Gasteiger partial charge in [0.2, 0.25) is 5.91 Å². The molecule has 3 N–H and O–H groups in total. The van der Waals surface area contributed by atoms with Gasteiger partial charge in [-0.25, -0.2) is 22.8 Å². The lowest BCUT2D eigenvalue weighted by Gasteiger charge is -2.28. The van der Waals surface area contributed by atoms with Crippen LogP contribution in [-0.2, 0) is 21.2 Å². The molecule has 0 aliphatic carbocycles. The lowest BCUT2D eigenvalue weighted by Crippen LogP contribution is -2.42. The number of fused-ring (bicyclic) bond motifs is 1. The van der Waals surface area contributed by atoms with E-state index in [4.69, 9.17) is 23.2 Å². The van der Waals surface area contributed by atoms with Gasteiger partial charge >= 0.3 is 6.03 Å². The molecule has 0 aromatic heterocycles. The smallest absolute Gasteiger partial charge is 0.333 e. The van der Waals surface area contributed by atoms with Crippen molar-refractivity contribution in [2.75, 3.05) is 41.7 Å². The van der Waals surface area contributed by atoms with Gasteiger partial charge in [0.15, 0.2) is 0 Å². The van der Waals surface area contributed by atoms with Crippen molar-refractivity contribution >= 4 is 79.9 Å². The molecule has 2 aromatic rings. The van der Waals surface area contributed by atoms with Gasteiger partial charge in [0.1, 0.15) is 4.24 Å². The maximum absolute atomic E-state index is 13.4. The highest BCUT2D eigenvalue weighted by atomic mass is 35.5. The van der Waals surface area contributed by atoms with Crippen LogP contribution in [0.1, 0.15) is 48.0 Å². The van der Waals surface area contributed by atoms with Crippen molar-refractivity contribution in [1.82, 2.24) is 9.62 Å². The lowest BCUT2D eigenvalue weighted by molar-refractivity contribution is -0.117. The molecule has 42 heavy (non-hydrogen) atoms. The van der Waals surface area contributed by atoms with E-state index < -0.39 is 32.6 Å². The standard InChI is InChI=1S/C28H31Cl2N5O5S2/c29-22-17-20(32-28(38)33-42(39,40)26-10-9-24(30)41-26)6-8-23(22)35-25(36)16-18-15-19(5-7-21(18)27(35)37)31-11-4-14-34-12-2-1-3-13-34/h5-8,10,15,17,24,31H,1-4,9,11-14,16H2,(H2,32,33,38). The molecule has 3 aliphatic heterocycles. The molecule has 0 saturated carbocycles. The normalized spacial score (nSPS) is 19.3. The van der Waals surface area contributed by atoms with Crippen LogP contribution in [-0.4, -0.2) is 62.1 Å². The van der Waals surface area contributed by atoms with Gasteiger partial charge in [0.05, 0.1) is 21.8 Å². The van der Waals surface area contributed by atoms with Gasteiger partial charge in [-0.05, 0) is 87.3 Å². The van der Waals surface area contributed by atoms with Gasteiger partial charge in [0.25, 0.3) is 15.9 Å². The maximum atomic E-state index is 13.4. The summed E-state index contributed by atoms with van der Waals surface area (Å²) in [5, 5.41) is 5.84. The predicted octanol–water partition coefficient (Wildman–Crippen LogP) is 5.35. The number of nitrogens with one attached hydrogen (secondary N) is 3. The minimum atomic E-state index is -4.06. The molecule has 3 aliphatic rings. The van der Waals surface area contributed by atoms with Crippen LogP contribution in [0.25, 0.3) is 0 Å². The Morgan fingerprint density at radius 2 is 1.81 bits per heavy atom. The summed E-state index contributed by atoms with van der Waals surface area (Å²) in [6.45, 7) is 4.18. The number of rotatable bonds is 9. The Morgan fingerprint density at radius 1 is 1.05 bits per heavy atom. The third kappa shape index (κ3) is 7.23. The number of sulfonamides is 1. The van der Waals surface area contributed by atoms with E-state index in [9.17, 15) is 22.8 Å². The summed E-state index contributed by atoms with van der Waals surface area (Å²) in [5.41, 5.74) is 2.25. The van der Waals surface area contributed by atoms with Crippen molar-refractivity contribution in [3.05, 3.63) is 62.9 Å². The van der Waals surface area contributed by atoms with Crippen molar-refractivity contribution in [3.63, 3.8) is 0 Å². The molecule has 0 spiro atoms. The second-order valence-corrected chi connectivity index (χ2v) is 14.6. The highest BCUT2D eigenvalue weighted by Gasteiger charge is 2.34. The minimum absolute atomic E-state index is 0.0239. The van der Waals surface area contributed by atoms with Gasteiger partial charge < -0.3 is 15.5 Å². The van der Waals surface area contributed by atoms with Crippen LogP contribution in [0.3, 0.4) is 0 Å². The largest absolute Gasteiger partial charge is 0.385 e. The number of allylic oxidation sites excluding steroid dienone is 1. The number of alkyl halides is 1. The van der Waals surface area contributed by atoms with E-state index in [2.05, 4.69) is 15.5 Å². The zero-order valence-corrected chi connectivity index (χ0v) is 25.8. The number of carbonyl (C=O) groups is 3. The van der Waals surface area contributed by atoms with Gasteiger partial charge in [-0.15, -0.1) is 11.6 Å². The first kappa shape index (κ1) is 30.7. The van der Waals surface area contributed by atoms with Crippen LogP contribution in [0, 0.1) is 0 Å². The molecule has 4 amide bonds. The highest BCUT2D eigenvalue weighted by Crippen LogP contribution is 2.37. The zero-order valence-electron chi connectivity index (χ0n) is 22.7. The summed E-state index contributed by atoms with van der Waals surface area (Å²) in [6.07, 6.45) is 6.70. The Morgan fingerprint density at radius 3 is 2.52 bits per heavy atom. The first-order chi connectivity index (χ1) is 20.1. The summed E-state index contributed by atoms with van der Waals surface area (Å²) >= 11 is 13.3. The predicted molar refractivity (Wildman–Crippen MR) is 168 cm³/mol. The highest BCUT2D eigenvalue weighted by molar-refractivity contribution is 8.19. The number of benzene rings is 2. The molecule has 224 valence electrons. The van der Waals surface area contributed by atoms with Crippen molar-refractivity contribution in [1.29, 1.82) is 0 Å². The van der Waals surface area contributed by atoms with Crippen LogP contribution in [0.4, 0.5) is 21.9 Å². The number of imide groups is 1. The Kier molecular flexibility index (Phi) is 9.68. The number of hydrogen-bond donors (Lipinski definition) is 3. The van der Waals surface area contributed by atoms with Crippen LogP contribution in [0.5, 0.6) is 0 Å². The van der Waals surface area contributed by atoms with E-state index in [-0.39, 0.29) is 27.1 Å². The average Bonchev–Trinajstić information content (AvgIpc) is 3.40. The zero-order chi connectivity index (χ0) is 29.9. The molecule has 5 rings (SSSR count). The average molecular weight is 653 g/mol. The number of urea groups is 1. The van der Waals surface area contributed by atoms with Crippen molar-refractivity contribution < 1.29 is 22.8 Å². The number of likely N-dealkylation sites (tertiary alicyclic amines) is 1. The molecular weight excluding hydrogens is 621 g/mol. The molecule has 2 aromatic carbocycles. The SMILES string of the molecule is O=C(Nc1ccc(N2C(=O)Cc3cc(NCCCN4CCCCC4)ccc3C2=O)c(Cl)c1)NS(=O)(=O)C1=CCC(Cl)S1. The lowest BCUT2D eigenvalue weighted by atomic mass is 9.97. The molecule has 14 heteroatoms. The topological polar surface area (TPSA) is 128 Å². The van der Waals surface area contributed by atoms with E-state index in [1.807, 2.05) is 16.9 Å². The van der Waals surface area contributed by atoms with E-state index in [1.54, 1.807) is 6.07 Å². The Hall–Kier alpha value is -2.77. The number of amides is 4. The molecule has 1 atom stereocenters. The fourth-order valence-corrected chi connectivity index (χ4v) is 8.30. The van der Waals surface area contributed by atoms with Crippen LogP contribution < -0.4 is 20.3 Å². The molecule has 1 saturated heterocycles. The van der Waals surface area contributed by atoms with Crippen LogP contribution in [0.2, 0.25) is 5.02 Å². The van der Waals surface area contributed by atoms with E-state index in [0.29, 0.717) is 17.5 Å². The summed E-state index contributed by atoms with van der Waals surface area (Å²) in [4.78, 5) is 42.3. The van der Waals surface area contributed by atoms with Gasteiger partial charge in [-0.3, -0.25) is 9.59 Å². The number of anilines is 3. The second-order valence-electron chi connectivity index (χ2n) is 10.3. The Labute approximate surface area is 259 Å². The van der Waals surface area contributed by atoms with Gasteiger partial charge in [0, 0.05) is 23.5 Å². The molecule has 3 heterocycles. The van der Waals surface area contributed by atoms with Gasteiger partial charge in [-0.2, -0.15) is 0 Å². The summed E-state index contributed by atoms with van der Waals surface area (Å²) in [5.74, 6) is -0.926. The quantitative estimate of drug-likeness (QED) is 0.188. The van der Waals surface area contributed by atoms with Crippen molar-refractivity contribution in [2.45, 2.75) is 43.2 Å². The van der Waals surface area contributed by atoms with Crippen LogP contribution in [0.15, 0.2) is 46.7 Å². The minimum Gasteiger partial charge on any atom is -0.385 e. The first-order valence-electron chi connectivity index (χ1n) is 13.7. The molecule has 10 nitrogen and oxygen atoms in total. The molecular formula is C28H31Cl2N5O5S2. The second kappa shape index (κ2) is 13.3. The number of thioether (sulfide) groups is 1. The molecule has 0 bridgehead atoms. The summed E-state index contributed by atoms with van der Waals surface area (Å²) in [6, 6.07) is 8.60. The number of halogens is 2. The number of carbonyl (C=O) groups excluding carboxylic acids is 3.